The van der Waals surface area contributed by atoms with Gasteiger partial charge in [0.05, 0.1) is 23.3 Å². The van der Waals surface area contributed by atoms with E-state index in [0.29, 0.717) is 0 Å². The lowest BCUT2D eigenvalue weighted by atomic mass is 10.0. The van der Waals surface area contributed by atoms with Crippen molar-refractivity contribution in [2.24, 2.45) is 9.39 Å². The first-order chi connectivity index (χ1) is 12.9. The second-order valence-corrected chi connectivity index (χ2v) is 8.78. The molecule has 0 saturated heterocycles. The highest BCUT2D eigenvalue weighted by molar-refractivity contribution is 8.16. The average Bonchev–Trinajstić information content (AvgIpc) is 3.10. The molecule has 0 bridgehead atoms. The van der Waals surface area contributed by atoms with Gasteiger partial charge in [0.1, 0.15) is 5.84 Å². The van der Waals surface area contributed by atoms with Crippen molar-refractivity contribution in [1.82, 2.24) is 4.90 Å². The van der Waals surface area contributed by atoms with Gasteiger partial charge in [-0.1, -0.05) is 49.4 Å². The number of hydrogen-bond donors (Lipinski definition) is 1. The van der Waals surface area contributed by atoms with Crippen LogP contribution in [0, 0.1) is 5.41 Å². The van der Waals surface area contributed by atoms with Crippen LogP contribution in [0.2, 0.25) is 0 Å². The molecule has 1 amide bonds. The van der Waals surface area contributed by atoms with Crippen molar-refractivity contribution in [3.8, 4) is 0 Å². The Morgan fingerprint density at radius 1 is 1.19 bits per heavy atom. The van der Waals surface area contributed by atoms with Gasteiger partial charge < -0.3 is 0 Å². The zero-order valence-electron chi connectivity index (χ0n) is 14.2. The normalized spacial score (nSPS) is 18.7. The highest BCUT2D eigenvalue weighted by atomic mass is 32.2. The number of hydrogen-bond acceptors (Lipinski definition) is 6. The van der Waals surface area contributed by atoms with E-state index in [4.69, 9.17) is 5.41 Å². The molecular weight excluding hydrogens is 384 g/mol. The van der Waals surface area contributed by atoms with E-state index in [1.165, 1.54) is 6.92 Å². The minimum Gasteiger partial charge on any atom is -0.283 e. The van der Waals surface area contributed by atoms with Gasteiger partial charge in [0, 0.05) is 0 Å². The summed E-state index contributed by atoms with van der Waals surface area (Å²) in [5.41, 5.74) is 0.778. The number of amides is 1. The van der Waals surface area contributed by atoms with Crippen LogP contribution >= 0.6 is 11.9 Å². The Bertz CT molecular complexity index is 1190. The number of fused-ring (bicyclic) bond motifs is 2. The Hall–Kier alpha value is -2.78. The summed E-state index contributed by atoms with van der Waals surface area (Å²) in [6.45, 7) is 1.50. The number of amidine groups is 3. The van der Waals surface area contributed by atoms with Gasteiger partial charge in [-0.05, 0) is 22.4 Å². The Morgan fingerprint density at radius 2 is 1.93 bits per heavy atom. The molecule has 2 aliphatic rings. The second-order valence-electron chi connectivity index (χ2n) is 5.88. The second kappa shape index (κ2) is 6.43. The molecule has 7 nitrogen and oxygen atoms in total. The maximum absolute atomic E-state index is 12.5. The van der Waals surface area contributed by atoms with Crippen LogP contribution in [0.3, 0.4) is 0 Å². The van der Waals surface area contributed by atoms with E-state index < -0.39 is 15.7 Å². The molecule has 0 aliphatic carbocycles. The van der Waals surface area contributed by atoms with Crippen molar-refractivity contribution in [2.45, 2.75) is 6.92 Å². The first-order valence-corrected chi connectivity index (χ1v) is 10.5. The van der Waals surface area contributed by atoms with Crippen LogP contribution in [0.4, 0.5) is 0 Å². The SMILES string of the molecule is CCS(=O)(=O)C1=NSC2=NC(=O)/C(=C\c3cccc4ccccc34)C(=N)N21. The van der Waals surface area contributed by atoms with E-state index in [-0.39, 0.29) is 27.5 Å². The summed E-state index contributed by atoms with van der Waals surface area (Å²) in [6.07, 6.45) is 1.58. The molecule has 0 unspecified atom stereocenters. The maximum atomic E-state index is 12.5. The van der Waals surface area contributed by atoms with Gasteiger partial charge in [0.15, 0.2) is 0 Å². The molecular formula is C18H14N4O3S2. The number of rotatable bonds is 2. The van der Waals surface area contributed by atoms with Gasteiger partial charge in [-0.2, -0.15) is 9.39 Å². The fraction of sp³-hybridized carbons (Fsp3) is 0.111. The lowest BCUT2D eigenvalue weighted by Crippen LogP contribution is -2.45. The molecule has 0 aromatic heterocycles. The number of carbonyl (C=O) groups is 1. The van der Waals surface area contributed by atoms with Gasteiger partial charge in [-0.15, -0.1) is 0 Å². The Morgan fingerprint density at radius 3 is 2.70 bits per heavy atom. The molecule has 27 heavy (non-hydrogen) atoms. The van der Waals surface area contributed by atoms with Gasteiger partial charge in [-0.3, -0.25) is 10.2 Å². The number of sulfone groups is 1. The van der Waals surface area contributed by atoms with E-state index >= 15 is 0 Å². The van der Waals surface area contributed by atoms with Gasteiger partial charge in [0.25, 0.3) is 5.91 Å². The molecule has 2 heterocycles. The average molecular weight is 398 g/mol. The molecule has 0 atom stereocenters. The summed E-state index contributed by atoms with van der Waals surface area (Å²) in [7, 11) is -3.65. The monoisotopic (exact) mass is 398 g/mol. The lowest BCUT2D eigenvalue weighted by molar-refractivity contribution is -0.114. The van der Waals surface area contributed by atoms with Gasteiger partial charge >= 0.3 is 0 Å². The van der Waals surface area contributed by atoms with Crippen LogP contribution in [0.25, 0.3) is 16.8 Å². The van der Waals surface area contributed by atoms with E-state index in [0.717, 1.165) is 33.2 Å². The first-order valence-electron chi connectivity index (χ1n) is 8.11. The Labute approximate surface area is 160 Å². The third-order valence-electron chi connectivity index (χ3n) is 4.28. The molecule has 1 N–H and O–H groups in total. The van der Waals surface area contributed by atoms with E-state index in [9.17, 15) is 13.2 Å². The van der Waals surface area contributed by atoms with Crippen LogP contribution in [0.1, 0.15) is 12.5 Å². The zero-order valence-corrected chi connectivity index (χ0v) is 15.8. The fourth-order valence-corrected chi connectivity index (χ4v) is 4.82. The van der Waals surface area contributed by atoms with Crippen molar-refractivity contribution < 1.29 is 13.2 Å². The predicted molar refractivity (Wildman–Crippen MR) is 108 cm³/mol. The number of nitrogens with one attached hydrogen (secondary N) is 1. The summed E-state index contributed by atoms with van der Waals surface area (Å²) in [4.78, 5) is 17.5. The van der Waals surface area contributed by atoms with Gasteiger partial charge in [0.2, 0.25) is 20.2 Å². The number of aliphatic imine (C=N–C) groups is 1. The quantitative estimate of drug-likeness (QED) is 0.619. The summed E-state index contributed by atoms with van der Waals surface area (Å²) in [5.74, 6) is -0.976. The topological polar surface area (TPSA) is 103 Å². The largest absolute Gasteiger partial charge is 0.283 e. The van der Waals surface area contributed by atoms with Crippen molar-refractivity contribution in [3.05, 3.63) is 53.6 Å². The van der Waals surface area contributed by atoms with E-state index in [1.54, 1.807) is 6.08 Å². The molecule has 2 aromatic carbocycles. The number of nitrogens with zero attached hydrogens (tertiary/aromatic N) is 3. The fourth-order valence-electron chi connectivity index (χ4n) is 2.86. The van der Waals surface area contributed by atoms with Crippen molar-refractivity contribution in [2.75, 3.05) is 5.75 Å². The summed E-state index contributed by atoms with van der Waals surface area (Å²) >= 11 is 0.791. The molecule has 2 aliphatic heterocycles. The third-order valence-corrected chi connectivity index (χ3v) is 6.68. The van der Waals surface area contributed by atoms with Crippen LogP contribution in [-0.4, -0.2) is 41.1 Å². The van der Waals surface area contributed by atoms with E-state index in [1.807, 2.05) is 42.5 Å². The summed E-state index contributed by atoms with van der Waals surface area (Å²) in [6, 6.07) is 13.3. The summed E-state index contributed by atoms with van der Waals surface area (Å²) in [5, 5.41) is 10.2. The molecule has 4 rings (SSSR count). The van der Waals surface area contributed by atoms with Crippen LogP contribution in [-0.2, 0) is 14.6 Å². The van der Waals surface area contributed by atoms with Crippen molar-refractivity contribution in [1.29, 1.82) is 5.41 Å². The van der Waals surface area contributed by atoms with Crippen LogP contribution in [0.5, 0.6) is 0 Å². The predicted octanol–water partition coefficient (Wildman–Crippen LogP) is 2.85. The Kier molecular flexibility index (Phi) is 4.20. The highest BCUT2D eigenvalue weighted by Crippen LogP contribution is 2.31. The van der Waals surface area contributed by atoms with E-state index in [2.05, 4.69) is 9.39 Å². The molecule has 0 spiro atoms. The summed E-state index contributed by atoms with van der Waals surface area (Å²) < 4.78 is 28.5. The minimum absolute atomic E-state index is 0.0246. The molecule has 136 valence electrons. The maximum Gasteiger partial charge on any atom is 0.283 e. The molecule has 2 aromatic rings. The first kappa shape index (κ1) is 17.6. The lowest BCUT2D eigenvalue weighted by Gasteiger charge is -2.24. The number of carbonyl (C=O) groups excluding carboxylic acids is 1. The molecule has 0 fully saturated rings. The van der Waals surface area contributed by atoms with Gasteiger partial charge in [-0.25, -0.2) is 13.3 Å². The minimum atomic E-state index is -3.65. The van der Waals surface area contributed by atoms with Crippen LogP contribution < -0.4 is 0 Å². The molecule has 0 saturated carbocycles. The Balaban J connectivity index is 1.83. The third kappa shape index (κ3) is 2.88. The zero-order chi connectivity index (χ0) is 19.2. The highest BCUT2D eigenvalue weighted by Gasteiger charge is 2.42. The smallest absolute Gasteiger partial charge is 0.283 e. The standard InChI is InChI=1S/C18H14N4O3S2/c1-2-27(24,25)18-21-26-17-20-16(23)14(15(19)22(17)18)10-12-8-5-7-11-6-3-4-9-13(11)12/h3-10,19H,2H2,1H3/b14-10-,19-15?. The molecule has 9 heteroatoms. The van der Waals surface area contributed by atoms with Crippen LogP contribution in [0.15, 0.2) is 57.4 Å². The molecule has 0 radical (unpaired) electrons. The van der Waals surface area contributed by atoms with Crippen molar-refractivity contribution in [3.63, 3.8) is 0 Å². The number of benzene rings is 2. The van der Waals surface area contributed by atoms with Crippen molar-refractivity contribution >= 4 is 60.7 Å².